The number of nitrogens with one attached hydrogen (secondary N) is 1. The number of methoxy groups -OCH3 is 1. The molecule has 0 radical (unpaired) electrons. The van der Waals surface area contributed by atoms with Gasteiger partial charge in [-0.1, -0.05) is 60.1 Å². The number of hydrogen-bond donors (Lipinski definition) is 1. The molecule has 1 saturated carbocycles. The van der Waals surface area contributed by atoms with Crippen molar-refractivity contribution >= 4 is 62.3 Å². The van der Waals surface area contributed by atoms with Gasteiger partial charge in [-0.3, -0.25) is 13.9 Å². The fourth-order valence-corrected chi connectivity index (χ4v) is 7.00. The molecule has 3 aromatic rings. The third-order valence-corrected chi connectivity index (χ3v) is 10.1. The number of carbonyl (C=O) groups is 2. The smallest absolute Gasteiger partial charge is 0.264 e. The summed E-state index contributed by atoms with van der Waals surface area (Å²) in [6, 6.07) is 16.0. The Morgan fingerprint density at radius 3 is 2.16 bits per heavy atom. The standard InChI is InChI=1S/C31H34Cl3N3O5S/c1-21(31(39)35-25-6-4-3-5-7-25)36(19-22-8-9-24(33)18-29(22)34)30(38)20-37(26-12-10-23(32)11-13-26)43(40,41)28-16-14-27(42-2)15-17-28/h8-18,21,25H,3-7,19-20H2,1-2H3,(H,35,39)/t21-/m1/s1. The molecule has 43 heavy (non-hydrogen) atoms. The molecule has 0 heterocycles. The lowest BCUT2D eigenvalue weighted by molar-refractivity contribution is -0.139. The maximum atomic E-state index is 14.1. The Kier molecular flexibility index (Phi) is 11.2. The van der Waals surface area contributed by atoms with Crippen LogP contribution in [-0.2, 0) is 26.2 Å². The predicted octanol–water partition coefficient (Wildman–Crippen LogP) is 6.72. The Morgan fingerprint density at radius 1 is 0.930 bits per heavy atom. The third-order valence-electron chi connectivity index (χ3n) is 7.52. The number of nitrogens with zero attached hydrogens (tertiary/aromatic N) is 2. The molecule has 0 bridgehead atoms. The molecule has 1 fully saturated rings. The third kappa shape index (κ3) is 8.35. The number of ether oxygens (including phenoxy) is 1. The minimum absolute atomic E-state index is 0.0285. The minimum Gasteiger partial charge on any atom is -0.497 e. The van der Waals surface area contributed by atoms with E-state index in [-0.39, 0.29) is 29.1 Å². The Hall–Kier alpha value is -2.98. The number of benzene rings is 3. The quantitative estimate of drug-likeness (QED) is 0.245. The molecule has 0 spiro atoms. The van der Waals surface area contributed by atoms with Crippen LogP contribution in [0.2, 0.25) is 15.1 Å². The van der Waals surface area contributed by atoms with Crippen molar-refractivity contribution in [2.75, 3.05) is 18.0 Å². The summed E-state index contributed by atoms with van der Waals surface area (Å²) >= 11 is 18.6. The molecule has 230 valence electrons. The van der Waals surface area contributed by atoms with Crippen LogP contribution in [0.3, 0.4) is 0 Å². The Balaban J connectivity index is 1.69. The number of sulfonamides is 1. The average molecular weight is 667 g/mol. The SMILES string of the molecule is COc1ccc(S(=O)(=O)N(CC(=O)N(Cc2ccc(Cl)cc2Cl)[C@H](C)C(=O)NC2CCCCC2)c2ccc(Cl)cc2)cc1. The molecular weight excluding hydrogens is 633 g/mol. The van der Waals surface area contributed by atoms with Crippen LogP contribution in [0, 0.1) is 0 Å². The molecule has 3 aromatic carbocycles. The van der Waals surface area contributed by atoms with Gasteiger partial charge in [0.1, 0.15) is 18.3 Å². The summed E-state index contributed by atoms with van der Waals surface area (Å²) < 4.78 is 34.1. The number of hydrogen-bond acceptors (Lipinski definition) is 5. The van der Waals surface area contributed by atoms with E-state index in [1.165, 1.54) is 48.4 Å². The van der Waals surface area contributed by atoms with E-state index < -0.39 is 28.5 Å². The summed E-state index contributed by atoms with van der Waals surface area (Å²) in [6.45, 7) is 1.01. The first-order chi connectivity index (χ1) is 20.5. The van der Waals surface area contributed by atoms with Gasteiger partial charge >= 0.3 is 0 Å². The van der Waals surface area contributed by atoms with Gasteiger partial charge in [0.05, 0.1) is 17.7 Å². The maximum absolute atomic E-state index is 14.1. The van der Waals surface area contributed by atoms with Gasteiger partial charge in [-0.2, -0.15) is 0 Å². The summed E-state index contributed by atoms with van der Waals surface area (Å²) in [4.78, 5) is 28.9. The number of carbonyl (C=O) groups excluding carboxylic acids is 2. The van der Waals surface area contributed by atoms with E-state index in [4.69, 9.17) is 39.5 Å². The summed E-state index contributed by atoms with van der Waals surface area (Å²) in [5, 5.41) is 4.23. The van der Waals surface area contributed by atoms with Gasteiger partial charge in [-0.15, -0.1) is 0 Å². The van der Waals surface area contributed by atoms with Gasteiger partial charge in [0.15, 0.2) is 0 Å². The molecule has 0 aromatic heterocycles. The highest BCUT2D eigenvalue weighted by atomic mass is 35.5. The van der Waals surface area contributed by atoms with Crippen LogP contribution in [0.4, 0.5) is 5.69 Å². The van der Waals surface area contributed by atoms with Crippen molar-refractivity contribution in [1.82, 2.24) is 10.2 Å². The summed E-state index contributed by atoms with van der Waals surface area (Å²) in [5.74, 6) is -0.428. The van der Waals surface area contributed by atoms with E-state index in [1.54, 1.807) is 37.3 Å². The van der Waals surface area contributed by atoms with Crippen LogP contribution < -0.4 is 14.4 Å². The van der Waals surface area contributed by atoms with Gasteiger partial charge in [0.25, 0.3) is 10.0 Å². The first-order valence-corrected chi connectivity index (χ1v) is 16.5. The van der Waals surface area contributed by atoms with Crippen LogP contribution in [0.25, 0.3) is 0 Å². The van der Waals surface area contributed by atoms with E-state index in [0.717, 1.165) is 36.4 Å². The first kappa shape index (κ1) is 32.9. The zero-order valence-corrected chi connectivity index (χ0v) is 27.0. The molecule has 1 N–H and O–H groups in total. The highest BCUT2D eigenvalue weighted by molar-refractivity contribution is 7.92. The molecule has 12 heteroatoms. The molecule has 1 aliphatic carbocycles. The molecule has 4 rings (SSSR count). The van der Waals surface area contributed by atoms with Crippen molar-refractivity contribution < 1.29 is 22.7 Å². The van der Waals surface area contributed by atoms with Crippen molar-refractivity contribution in [3.05, 3.63) is 87.4 Å². The maximum Gasteiger partial charge on any atom is 0.264 e. The minimum atomic E-state index is -4.23. The normalized spacial score (nSPS) is 14.5. The van der Waals surface area contributed by atoms with E-state index in [0.29, 0.717) is 26.4 Å². The lowest BCUT2D eigenvalue weighted by Gasteiger charge is -2.33. The van der Waals surface area contributed by atoms with Crippen LogP contribution >= 0.6 is 34.8 Å². The van der Waals surface area contributed by atoms with Crippen molar-refractivity contribution in [2.45, 2.75) is 62.6 Å². The molecule has 1 aliphatic rings. The largest absolute Gasteiger partial charge is 0.497 e. The average Bonchev–Trinajstić information content (AvgIpc) is 3.00. The Bertz CT molecular complexity index is 1530. The monoisotopic (exact) mass is 665 g/mol. The molecule has 2 amide bonds. The number of anilines is 1. The molecule has 0 unspecified atom stereocenters. The highest BCUT2D eigenvalue weighted by Gasteiger charge is 2.33. The number of rotatable bonds is 11. The fourth-order valence-electron chi connectivity index (χ4n) is 5.00. The van der Waals surface area contributed by atoms with E-state index in [2.05, 4.69) is 5.32 Å². The van der Waals surface area contributed by atoms with E-state index >= 15 is 0 Å². The van der Waals surface area contributed by atoms with Crippen molar-refractivity contribution in [1.29, 1.82) is 0 Å². The summed E-state index contributed by atoms with van der Waals surface area (Å²) in [7, 11) is -2.75. The number of halogens is 3. The fraction of sp³-hybridized carbons (Fsp3) is 0.355. The molecule has 0 saturated heterocycles. The lowest BCUT2D eigenvalue weighted by Crippen LogP contribution is -2.53. The second-order valence-corrected chi connectivity index (χ2v) is 13.6. The first-order valence-electron chi connectivity index (χ1n) is 14.0. The van der Waals surface area contributed by atoms with Crippen LogP contribution in [0.15, 0.2) is 71.6 Å². The summed E-state index contributed by atoms with van der Waals surface area (Å²) in [5.41, 5.74) is 0.796. The highest BCUT2D eigenvalue weighted by Crippen LogP contribution is 2.28. The van der Waals surface area contributed by atoms with Gasteiger partial charge in [0, 0.05) is 27.7 Å². The van der Waals surface area contributed by atoms with E-state index in [1.807, 2.05) is 0 Å². The summed E-state index contributed by atoms with van der Waals surface area (Å²) in [6.07, 6.45) is 4.94. The topological polar surface area (TPSA) is 96.0 Å². The van der Waals surface area contributed by atoms with Gasteiger partial charge in [0.2, 0.25) is 11.8 Å². The van der Waals surface area contributed by atoms with Crippen molar-refractivity contribution in [3.63, 3.8) is 0 Å². The van der Waals surface area contributed by atoms with Crippen molar-refractivity contribution in [3.8, 4) is 5.75 Å². The van der Waals surface area contributed by atoms with Gasteiger partial charge in [-0.25, -0.2) is 8.42 Å². The molecular formula is C31H34Cl3N3O5S. The molecule has 1 atom stereocenters. The van der Waals surface area contributed by atoms with E-state index in [9.17, 15) is 18.0 Å². The Morgan fingerprint density at radius 2 is 1.56 bits per heavy atom. The zero-order valence-electron chi connectivity index (χ0n) is 23.9. The molecule has 8 nitrogen and oxygen atoms in total. The second kappa shape index (κ2) is 14.7. The van der Waals surface area contributed by atoms with Crippen LogP contribution in [0.5, 0.6) is 5.75 Å². The van der Waals surface area contributed by atoms with Gasteiger partial charge < -0.3 is 15.0 Å². The predicted molar refractivity (Wildman–Crippen MR) is 170 cm³/mol. The van der Waals surface area contributed by atoms with Crippen molar-refractivity contribution in [2.24, 2.45) is 0 Å². The zero-order chi connectivity index (χ0) is 31.1. The van der Waals surface area contributed by atoms with Gasteiger partial charge in [-0.05, 0) is 86.0 Å². The Labute approximate surface area is 267 Å². The second-order valence-electron chi connectivity index (χ2n) is 10.4. The number of amides is 2. The lowest BCUT2D eigenvalue weighted by atomic mass is 9.95. The van der Waals surface area contributed by atoms with Crippen LogP contribution in [-0.4, -0.2) is 50.9 Å². The molecule has 0 aliphatic heterocycles. The van der Waals surface area contributed by atoms with Crippen LogP contribution in [0.1, 0.15) is 44.6 Å².